The van der Waals surface area contributed by atoms with Gasteiger partial charge in [0.2, 0.25) is 0 Å². The number of pyridine rings is 1. The lowest BCUT2D eigenvalue weighted by Gasteiger charge is -2.16. The van der Waals surface area contributed by atoms with Crippen molar-refractivity contribution < 1.29 is 13.2 Å². The van der Waals surface area contributed by atoms with Gasteiger partial charge in [0.1, 0.15) is 0 Å². The third-order valence-electron chi connectivity index (χ3n) is 2.59. The van der Waals surface area contributed by atoms with Crippen LogP contribution in [0.2, 0.25) is 0 Å². The average molecular weight is 246 g/mol. The van der Waals surface area contributed by atoms with Gasteiger partial charge in [-0.15, -0.1) is 0 Å². The van der Waals surface area contributed by atoms with Crippen LogP contribution in [0.3, 0.4) is 0 Å². The monoisotopic (exact) mass is 246 g/mol. The summed E-state index contributed by atoms with van der Waals surface area (Å²) in [6.45, 7) is 4.78. The van der Waals surface area contributed by atoms with Gasteiger partial charge in [-0.3, -0.25) is 4.98 Å². The zero-order chi connectivity index (χ0) is 12.9. The first kappa shape index (κ1) is 14.0. The highest BCUT2D eigenvalue weighted by Gasteiger charge is 2.30. The van der Waals surface area contributed by atoms with Crippen molar-refractivity contribution in [1.29, 1.82) is 0 Å². The van der Waals surface area contributed by atoms with E-state index in [2.05, 4.69) is 10.3 Å². The summed E-state index contributed by atoms with van der Waals surface area (Å²) in [4.78, 5) is 3.98. The summed E-state index contributed by atoms with van der Waals surface area (Å²) in [7, 11) is 0. The van der Waals surface area contributed by atoms with Crippen LogP contribution in [-0.4, -0.2) is 17.6 Å². The Balaban J connectivity index is 2.78. The predicted octanol–water partition coefficient (Wildman–Crippen LogP) is 3.03. The van der Waals surface area contributed by atoms with Crippen LogP contribution in [0.1, 0.15) is 31.5 Å². The zero-order valence-corrected chi connectivity index (χ0v) is 10.0. The first-order valence-electron chi connectivity index (χ1n) is 5.72. The van der Waals surface area contributed by atoms with Gasteiger partial charge >= 0.3 is 6.18 Å². The highest BCUT2D eigenvalue weighted by Crippen LogP contribution is 2.29. The normalized spacial score (nSPS) is 13.7. The molecule has 2 nitrogen and oxygen atoms in total. The average Bonchev–Trinajstić information content (AvgIpc) is 2.28. The molecule has 5 heteroatoms. The molecule has 0 aromatic carbocycles. The summed E-state index contributed by atoms with van der Waals surface area (Å²) in [6, 6.07) is 2.30. The van der Waals surface area contributed by atoms with Crippen molar-refractivity contribution in [2.45, 2.75) is 38.9 Å². The molecule has 1 unspecified atom stereocenters. The summed E-state index contributed by atoms with van der Waals surface area (Å²) in [5.74, 6) is 0. The molecule has 96 valence electrons. The quantitative estimate of drug-likeness (QED) is 0.863. The van der Waals surface area contributed by atoms with Gasteiger partial charge in [0, 0.05) is 24.4 Å². The number of hydrogen-bond acceptors (Lipinski definition) is 2. The number of nitrogens with one attached hydrogen (secondary N) is 1. The van der Waals surface area contributed by atoms with Gasteiger partial charge in [-0.05, 0) is 25.1 Å². The maximum atomic E-state index is 12.5. The van der Waals surface area contributed by atoms with E-state index in [1.165, 1.54) is 6.20 Å². The van der Waals surface area contributed by atoms with Crippen LogP contribution in [0.4, 0.5) is 13.2 Å². The molecule has 0 fully saturated rings. The fraction of sp³-hybridized carbons (Fsp3) is 0.583. The Morgan fingerprint density at radius 2 is 2.06 bits per heavy atom. The van der Waals surface area contributed by atoms with Crippen molar-refractivity contribution in [2.75, 3.05) is 6.54 Å². The molecule has 0 bridgehead atoms. The van der Waals surface area contributed by atoms with Gasteiger partial charge < -0.3 is 5.32 Å². The molecule has 1 heterocycles. The highest BCUT2D eigenvalue weighted by molar-refractivity contribution is 5.20. The lowest BCUT2D eigenvalue weighted by Crippen LogP contribution is -2.30. The molecule has 1 aromatic rings. The third kappa shape index (κ3) is 4.34. The van der Waals surface area contributed by atoms with Gasteiger partial charge in [0.05, 0.1) is 5.56 Å². The Morgan fingerprint density at radius 1 is 1.35 bits per heavy atom. The van der Waals surface area contributed by atoms with E-state index in [9.17, 15) is 13.2 Å². The number of alkyl halides is 3. The van der Waals surface area contributed by atoms with E-state index >= 15 is 0 Å². The molecular weight excluding hydrogens is 229 g/mol. The number of halogens is 3. The van der Waals surface area contributed by atoms with E-state index < -0.39 is 11.7 Å². The van der Waals surface area contributed by atoms with Crippen LogP contribution in [-0.2, 0) is 12.6 Å². The minimum Gasteiger partial charge on any atom is -0.314 e. The second kappa shape index (κ2) is 6.00. The van der Waals surface area contributed by atoms with Crippen LogP contribution < -0.4 is 5.32 Å². The predicted molar refractivity (Wildman–Crippen MR) is 60.7 cm³/mol. The van der Waals surface area contributed by atoms with E-state index in [1.807, 2.05) is 13.8 Å². The molecule has 0 saturated carbocycles. The molecule has 0 aliphatic carbocycles. The summed E-state index contributed by atoms with van der Waals surface area (Å²) < 4.78 is 37.5. The largest absolute Gasteiger partial charge is 0.416 e. The summed E-state index contributed by atoms with van der Waals surface area (Å²) in [5.41, 5.74) is -0.151. The molecule has 1 atom stereocenters. The van der Waals surface area contributed by atoms with Crippen LogP contribution in [0.25, 0.3) is 0 Å². The van der Waals surface area contributed by atoms with Crippen molar-refractivity contribution in [1.82, 2.24) is 10.3 Å². The van der Waals surface area contributed by atoms with Gasteiger partial charge in [-0.2, -0.15) is 13.2 Å². The van der Waals surface area contributed by atoms with E-state index in [1.54, 1.807) is 0 Å². The molecule has 0 aliphatic heterocycles. The molecule has 1 rings (SSSR count). The summed E-state index contributed by atoms with van der Waals surface area (Å²) >= 11 is 0. The number of likely N-dealkylation sites (N-methyl/N-ethyl adjacent to an activating group) is 1. The Labute approximate surface area is 99.3 Å². The fourth-order valence-corrected chi connectivity index (χ4v) is 1.67. The number of aromatic nitrogens is 1. The Morgan fingerprint density at radius 3 is 2.59 bits per heavy atom. The first-order chi connectivity index (χ1) is 7.97. The van der Waals surface area contributed by atoms with E-state index in [4.69, 9.17) is 0 Å². The van der Waals surface area contributed by atoms with E-state index in [0.29, 0.717) is 12.1 Å². The van der Waals surface area contributed by atoms with Gasteiger partial charge in [0.25, 0.3) is 0 Å². The van der Waals surface area contributed by atoms with E-state index in [-0.39, 0.29) is 6.04 Å². The molecule has 0 amide bonds. The maximum Gasteiger partial charge on any atom is 0.416 e. The van der Waals surface area contributed by atoms with Gasteiger partial charge in [0.15, 0.2) is 0 Å². The van der Waals surface area contributed by atoms with Crippen LogP contribution in [0.15, 0.2) is 18.3 Å². The van der Waals surface area contributed by atoms with Crippen LogP contribution >= 0.6 is 0 Å². The second-order valence-electron chi connectivity index (χ2n) is 3.90. The number of rotatable bonds is 5. The van der Waals surface area contributed by atoms with Crippen LogP contribution in [0, 0.1) is 0 Å². The maximum absolute atomic E-state index is 12.5. The van der Waals surface area contributed by atoms with Crippen molar-refractivity contribution in [3.63, 3.8) is 0 Å². The Bertz CT molecular complexity index is 350. The lowest BCUT2D eigenvalue weighted by molar-refractivity contribution is -0.137. The zero-order valence-electron chi connectivity index (χ0n) is 10.0. The van der Waals surface area contributed by atoms with Crippen molar-refractivity contribution in [2.24, 2.45) is 0 Å². The molecule has 0 aliphatic rings. The topological polar surface area (TPSA) is 24.9 Å². The molecular formula is C12H17F3N2. The lowest BCUT2D eigenvalue weighted by atomic mass is 10.1. The molecule has 1 N–H and O–H groups in total. The van der Waals surface area contributed by atoms with Crippen LogP contribution in [0.5, 0.6) is 0 Å². The van der Waals surface area contributed by atoms with Crippen molar-refractivity contribution in [3.8, 4) is 0 Å². The van der Waals surface area contributed by atoms with Crippen molar-refractivity contribution >= 4 is 0 Å². The second-order valence-corrected chi connectivity index (χ2v) is 3.90. The number of hydrogen-bond donors (Lipinski definition) is 1. The molecule has 0 spiro atoms. The molecule has 1 aromatic heterocycles. The summed E-state index contributed by atoms with van der Waals surface area (Å²) in [5, 5.41) is 3.22. The van der Waals surface area contributed by atoms with E-state index in [0.717, 1.165) is 25.1 Å². The van der Waals surface area contributed by atoms with Crippen molar-refractivity contribution in [3.05, 3.63) is 29.6 Å². The highest BCUT2D eigenvalue weighted by atomic mass is 19.4. The van der Waals surface area contributed by atoms with Gasteiger partial charge in [-0.1, -0.05) is 13.8 Å². The molecule has 0 saturated heterocycles. The number of nitrogens with zero attached hydrogens (tertiary/aromatic N) is 1. The SMILES string of the molecule is CCNC(CC)Cc1cc(C(F)(F)F)ccn1. The summed E-state index contributed by atoms with van der Waals surface area (Å²) in [6.07, 6.45) is -1.69. The van der Waals surface area contributed by atoms with Gasteiger partial charge in [-0.25, -0.2) is 0 Å². The fourth-order valence-electron chi connectivity index (χ4n) is 1.67. The minimum absolute atomic E-state index is 0.177. The Hall–Kier alpha value is -1.10. The third-order valence-corrected chi connectivity index (χ3v) is 2.59. The first-order valence-corrected chi connectivity index (χ1v) is 5.72. The molecule has 17 heavy (non-hydrogen) atoms. The smallest absolute Gasteiger partial charge is 0.314 e. The minimum atomic E-state index is -4.29. The standard InChI is InChI=1S/C12H17F3N2/c1-3-10(16-4-2)8-11-7-9(5-6-17-11)12(13,14)15/h5-7,10,16H,3-4,8H2,1-2H3. The Kier molecular flexibility index (Phi) is 4.93. The molecule has 0 radical (unpaired) electrons.